The smallest absolute Gasteiger partial charge is 0.113 e. The number of hydrogen-bond acceptors (Lipinski definition) is 2. The molecule has 0 heterocycles. The van der Waals surface area contributed by atoms with Crippen LogP contribution in [-0.2, 0) is 4.74 Å². The van der Waals surface area contributed by atoms with Gasteiger partial charge in [-0.25, -0.2) is 0 Å². The van der Waals surface area contributed by atoms with Crippen molar-refractivity contribution in [1.29, 1.82) is 0 Å². The van der Waals surface area contributed by atoms with Gasteiger partial charge < -0.3 is 9.84 Å². The van der Waals surface area contributed by atoms with Gasteiger partial charge in [0.05, 0.1) is 6.10 Å². The molecule has 3 rings (SSSR count). The third kappa shape index (κ3) is 2.92. The molecule has 0 bridgehead atoms. The molecule has 2 unspecified atom stereocenters. The van der Waals surface area contributed by atoms with E-state index in [0.29, 0.717) is 6.10 Å². The second-order valence-corrected chi connectivity index (χ2v) is 5.38. The van der Waals surface area contributed by atoms with E-state index in [2.05, 4.69) is 0 Å². The molecule has 0 aromatic heterocycles. The highest BCUT2D eigenvalue weighted by Crippen LogP contribution is 2.36. The van der Waals surface area contributed by atoms with Gasteiger partial charge in [0.25, 0.3) is 0 Å². The van der Waals surface area contributed by atoms with Crippen molar-refractivity contribution in [2.75, 3.05) is 0 Å². The van der Waals surface area contributed by atoms with Gasteiger partial charge in [-0.1, -0.05) is 60.7 Å². The van der Waals surface area contributed by atoms with Crippen molar-refractivity contribution in [2.45, 2.75) is 37.6 Å². The summed E-state index contributed by atoms with van der Waals surface area (Å²) in [5, 5.41) is 10.7. The summed E-state index contributed by atoms with van der Waals surface area (Å²) in [7, 11) is 0. The molecule has 2 nitrogen and oxygen atoms in total. The Morgan fingerprint density at radius 3 is 1.90 bits per heavy atom. The Balaban J connectivity index is 1.84. The van der Waals surface area contributed by atoms with Crippen LogP contribution >= 0.6 is 0 Å². The zero-order chi connectivity index (χ0) is 13.8. The van der Waals surface area contributed by atoms with Crippen LogP contribution in [0.25, 0.3) is 0 Å². The monoisotopic (exact) mass is 268 g/mol. The molecular formula is C18H20O2. The molecule has 2 aromatic carbocycles. The van der Waals surface area contributed by atoms with Crippen LogP contribution in [0.5, 0.6) is 0 Å². The maximum Gasteiger partial charge on any atom is 0.113 e. The van der Waals surface area contributed by atoms with E-state index in [1.165, 1.54) is 6.42 Å². The average Bonchev–Trinajstić information content (AvgIpc) is 2.47. The van der Waals surface area contributed by atoms with Gasteiger partial charge in [0, 0.05) is 0 Å². The molecule has 104 valence electrons. The van der Waals surface area contributed by atoms with Crippen LogP contribution in [0.1, 0.15) is 42.6 Å². The van der Waals surface area contributed by atoms with Crippen LogP contribution in [-0.4, -0.2) is 11.2 Å². The maximum atomic E-state index is 10.7. The summed E-state index contributed by atoms with van der Waals surface area (Å²) in [6.07, 6.45) is 2.81. The minimum Gasteiger partial charge on any atom is -0.385 e. The molecule has 0 radical (unpaired) electrons. The van der Waals surface area contributed by atoms with Crippen molar-refractivity contribution in [3.05, 3.63) is 71.8 Å². The van der Waals surface area contributed by atoms with Crippen LogP contribution in [0.3, 0.4) is 0 Å². The van der Waals surface area contributed by atoms with Crippen molar-refractivity contribution >= 4 is 0 Å². The van der Waals surface area contributed by atoms with E-state index in [4.69, 9.17) is 4.74 Å². The molecule has 0 saturated heterocycles. The van der Waals surface area contributed by atoms with Crippen LogP contribution in [0, 0.1) is 0 Å². The topological polar surface area (TPSA) is 29.5 Å². The third-order valence-electron chi connectivity index (χ3n) is 3.95. The first kappa shape index (κ1) is 13.3. The number of rotatable bonds is 5. The fourth-order valence-electron chi connectivity index (χ4n) is 2.52. The van der Waals surface area contributed by atoms with E-state index in [0.717, 1.165) is 24.0 Å². The molecule has 1 saturated carbocycles. The van der Waals surface area contributed by atoms with E-state index in [1.54, 1.807) is 0 Å². The third-order valence-corrected chi connectivity index (χ3v) is 3.95. The largest absolute Gasteiger partial charge is 0.385 e. The van der Waals surface area contributed by atoms with Crippen LogP contribution in [0.2, 0.25) is 0 Å². The van der Waals surface area contributed by atoms with E-state index in [9.17, 15) is 5.11 Å². The summed E-state index contributed by atoms with van der Waals surface area (Å²) in [6, 6.07) is 19.8. The predicted molar refractivity (Wildman–Crippen MR) is 79.3 cm³/mol. The van der Waals surface area contributed by atoms with E-state index in [1.807, 2.05) is 60.7 Å². The van der Waals surface area contributed by atoms with Crippen molar-refractivity contribution < 1.29 is 9.84 Å². The number of benzene rings is 2. The predicted octanol–water partition coefficient (Wildman–Crippen LogP) is 4.03. The standard InChI is InChI=1S/C18H20O2/c19-17(14-8-3-1-4-9-14)18(20-16-12-7-13-16)15-10-5-2-6-11-15/h1-6,8-11,16-19H,7,12-13H2. The van der Waals surface area contributed by atoms with E-state index in [-0.39, 0.29) is 6.10 Å². The van der Waals surface area contributed by atoms with Crippen molar-refractivity contribution in [3.63, 3.8) is 0 Å². The zero-order valence-electron chi connectivity index (χ0n) is 11.5. The van der Waals surface area contributed by atoms with E-state index >= 15 is 0 Å². The molecule has 1 aliphatic rings. The molecule has 1 aliphatic carbocycles. The van der Waals surface area contributed by atoms with Gasteiger partial charge in [-0.3, -0.25) is 0 Å². The lowest BCUT2D eigenvalue weighted by molar-refractivity contribution is -0.106. The van der Waals surface area contributed by atoms with Crippen molar-refractivity contribution in [1.82, 2.24) is 0 Å². The number of aliphatic hydroxyl groups excluding tert-OH is 1. The second kappa shape index (κ2) is 6.21. The lowest BCUT2D eigenvalue weighted by atomic mass is 9.93. The van der Waals surface area contributed by atoms with Gasteiger partial charge in [0.1, 0.15) is 12.2 Å². The van der Waals surface area contributed by atoms with Gasteiger partial charge in [-0.15, -0.1) is 0 Å². The molecule has 2 atom stereocenters. The highest BCUT2D eigenvalue weighted by atomic mass is 16.5. The lowest BCUT2D eigenvalue weighted by Gasteiger charge is -2.33. The Bertz CT molecular complexity index is 520. The second-order valence-electron chi connectivity index (χ2n) is 5.38. The van der Waals surface area contributed by atoms with E-state index < -0.39 is 6.10 Å². The van der Waals surface area contributed by atoms with Crippen LogP contribution in [0.15, 0.2) is 60.7 Å². The van der Waals surface area contributed by atoms with Crippen LogP contribution < -0.4 is 0 Å². The molecule has 1 N–H and O–H groups in total. The van der Waals surface area contributed by atoms with Gasteiger partial charge in [-0.05, 0) is 30.4 Å². The molecule has 0 spiro atoms. The number of ether oxygens (including phenoxy) is 1. The first-order valence-electron chi connectivity index (χ1n) is 7.28. The average molecular weight is 268 g/mol. The highest BCUT2D eigenvalue weighted by Gasteiger charge is 2.29. The maximum absolute atomic E-state index is 10.7. The Kier molecular flexibility index (Phi) is 4.14. The first-order chi connectivity index (χ1) is 9.84. The van der Waals surface area contributed by atoms with Gasteiger partial charge >= 0.3 is 0 Å². The quantitative estimate of drug-likeness (QED) is 0.887. The summed E-state index contributed by atoms with van der Waals surface area (Å²) in [4.78, 5) is 0. The Labute approximate surface area is 120 Å². The SMILES string of the molecule is OC(c1ccccc1)C(OC1CCC1)c1ccccc1. The minimum atomic E-state index is -0.626. The molecule has 2 aromatic rings. The Hall–Kier alpha value is -1.64. The van der Waals surface area contributed by atoms with Crippen molar-refractivity contribution in [3.8, 4) is 0 Å². The normalized spacial score (nSPS) is 18.2. The summed E-state index contributed by atoms with van der Waals surface area (Å²) < 4.78 is 6.14. The fraction of sp³-hybridized carbons (Fsp3) is 0.333. The number of aliphatic hydroxyl groups is 1. The van der Waals surface area contributed by atoms with Crippen LogP contribution in [0.4, 0.5) is 0 Å². The summed E-state index contributed by atoms with van der Waals surface area (Å²) in [6.45, 7) is 0. The van der Waals surface area contributed by atoms with Gasteiger partial charge in [-0.2, -0.15) is 0 Å². The summed E-state index contributed by atoms with van der Waals surface area (Å²) >= 11 is 0. The first-order valence-corrected chi connectivity index (χ1v) is 7.28. The molecule has 0 amide bonds. The molecule has 2 heteroatoms. The molecular weight excluding hydrogens is 248 g/mol. The molecule has 1 fully saturated rings. The Morgan fingerprint density at radius 2 is 1.40 bits per heavy atom. The van der Waals surface area contributed by atoms with Gasteiger partial charge in [0.2, 0.25) is 0 Å². The fourth-order valence-corrected chi connectivity index (χ4v) is 2.52. The summed E-state index contributed by atoms with van der Waals surface area (Å²) in [5.74, 6) is 0. The highest BCUT2D eigenvalue weighted by molar-refractivity contribution is 5.25. The lowest BCUT2D eigenvalue weighted by Crippen LogP contribution is -2.27. The minimum absolute atomic E-state index is 0.288. The molecule has 0 aliphatic heterocycles. The zero-order valence-corrected chi connectivity index (χ0v) is 11.5. The summed E-state index contributed by atoms with van der Waals surface area (Å²) in [5.41, 5.74) is 1.94. The molecule has 20 heavy (non-hydrogen) atoms. The number of hydrogen-bond donors (Lipinski definition) is 1. The van der Waals surface area contributed by atoms with Gasteiger partial charge in [0.15, 0.2) is 0 Å². The van der Waals surface area contributed by atoms with Crippen molar-refractivity contribution in [2.24, 2.45) is 0 Å². The Morgan fingerprint density at radius 1 is 0.850 bits per heavy atom.